The molecule has 1 heteroatoms. The summed E-state index contributed by atoms with van der Waals surface area (Å²) in [5, 5.41) is 0. The van der Waals surface area contributed by atoms with Crippen molar-refractivity contribution < 1.29 is 0 Å². The highest BCUT2D eigenvalue weighted by Crippen LogP contribution is 2.03. The number of hydrogen-bond donors (Lipinski definition) is 0. The Morgan fingerprint density at radius 1 is 1.42 bits per heavy atom. The molecule has 0 bridgehead atoms. The summed E-state index contributed by atoms with van der Waals surface area (Å²) in [5.74, 6) is 0. The smallest absolute Gasteiger partial charge is 0.0192 e. The average molecular weight is 167 g/mol. The van der Waals surface area contributed by atoms with Crippen LogP contribution >= 0.6 is 0 Å². The van der Waals surface area contributed by atoms with E-state index in [9.17, 15) is 0 Å². The van der Waals surface area contributed by atoms with Gasteiger partial charge in [-0.05, 0) is 34.7 Å². The molecule has 0 fully saturated rings. The highest BCUT2D eigenvalue weighted by atomic mass is 15.1. The monoisotopic (exact) mass is 167 g/mol. The fraction of sp³-hybridized carbons (Fsp3) is 0.636. The summed E-state index contributed by atoms with van der Waals surface area (Å²) in [5.41, 5.74) is 2.50. The van der Waals surface area contributed by atoms with Gasteiger partial charge in [0.05, 0.1) is 0 Å². The molecule has 0 atom stereocenters. The van der Waals surface area contributed by atoms with Gasteiger partial charge < -0.3 is 4.90 Å². The van der Waals surface area contributed by atoms with Crippen molar-refractivity contribution >= 4 is 0 Å². The first kappa shape index (κ1) is 11.4. The van der Waals surface area contributed by atoms with Gasteiger partial charge in [0.15, 0.2) is 0 Å². The van der Waals surface area contributed by atoms with Crippen molar-refractivity contribution in [3.05, 3.63) is 23.8 Å². The molecule has 0 amide bonds. The minimum atomic E-state index is 0.610. The van der Waals surface area contributed by atoms with E-state index in [-0.39, 0.29) is 0 Å². The zero-order chi connectivity index (χ0) is 9.72. The molecule has 0 aliphatic carbocycles. The Morgan fingerprint density at radius 2 is 1.92 bits per heavy atom. The highest BCUT2D eigenvalue weighted by Gasteiger charge is 2.02. The van der Waals surface area contributed by atoms with Crippen molar-refractivity contribution in [1.82, 2.24) is 4.90 Å². The lowest BCUT2D eigenvalue weighted by atomic mass is 10.2. The molecular formula is C11H21N. The summed E-state index contributed by atoms with van der Waals surface area (Å²) >= 11 is 0. The molecule has 1 nitrogen and oxygen atoms in total. The first-order valence-electron chi connectivity index (χ1n) is 4.46. The predicted molar refractivity (Wildman–Crippen MR) is 56.3 cm³/mol. The Balaban J connectivity index is 4.00. The predicted octanol–water partition coefficient (Wildman–Crippen LogP) is 2.85. The maximum Gasteiger partial charge on any atom is 0.0192 e. The zero-order valence-electron chi connectivity index (χ0n) is 9.02. The molecule has 0 aromatic rings. The van der Waals surface area contributed by atoms with Crippen LogP contribution in [0.4, 0.5) is 0 Å². The largest absolute Gasteiger partial charge is 0.300 e. The van der Waals surface area contributed by atoms with Crippen molar-refractivity contribution in [2.45, 2.75) is 33.7 Å². The molecule has 0 heterocycles. The van der Waals surface area contributed by atoms with Gasteiger partial charge in [-0.15, -0.1) is 0 Å². The zero-order valence-corrected chi connectivity index (χ0v) is 9.02. The molecule has 0 unspecified atom stereocenters. The normalized spacial score (nSPS) is 12.8. The van der Waals surface area contributed by atoms with Crippen LogP contribution < -0.4 is 0 Å². The first-order chi connectivity index (χ1) is 5.43. The van der Waals surface area contributed by atoms with Crippen LogP contribution in [0.15, 0.2) is 23.8 Å². The van der Waals surface area contributed by atoms with Crippen LogP contribution in [0.25, 0.3) is 0 Å². The van der Waals surface area contributed by atoms with Gasteiger partial charge in [-0.3, -0.25) is 0 Å². The van der Waals surface area contributed by atoms with E-state index in [4.69, 9.17) is 0 Å². The molecule has 0 aromatic heterocycles. The molecule has 70 valence electrons. The molecule has 0 spiro atoms. The molecule has 0 saturated heterocycles. The lowest BCUT2D eigenvalue weighted by Crippen LogP contribution is -2.27. The standard InChI is InChI=1S/C11H21N/c1-9(2)7-11(5)8-12(6)10(3)4/h7,10H,1,8H2,2-6H3/b11-7+. The van der Waals surface area contributed by atoms with Crippen molar-refractivity contribution in [2.24, 2.45) is 0 Å². The van der Waals surface area contributed by atoms with Gasteiger partial charge >= 0.3 is 0 Å². The van der Waals surface area contributed by atoms with Crippen LogP contribution in [0, 0.1) is 0 Å². The van der Waals surface area contributed by atoms with Crippen molar-refractivity contribution in [1.29, 1.82) is 0 Å². The van der Waals surface area contributed by atoms with Crippen molar-refractivity contribution in [3.63, 3.8) is 0 Å². The Labute approximate surface area is 76.8 Å². The van der Waals surface area contributed by atoms with E-state index in [2.05, 4.69) is 45.4 Å². The number of likely N-dealkylation sites (N-methyl/N-ethyl adjacent to an activating group) is 1. The summed E-state index contributed by atoms with van der Waals surface area (Å²) in [6.45, 7) is 13.5. The second-order valence-corrected chi connectivity index (χ2v) is 3.85. The van der Waals surface area contributed by atoms with E-state index in [1.165, 1.54) is 5.57 Å². The highest BCUT2D eigenvalue weighted by molar-refractivity contribution is 5.18. The molecule has 0 aliphatic heterocycles. The van der Waals surface area contributed by atoms with Gasteiger partial charge in [0.1, 0.15) is 0 Å². The van der Waals surface area contributed by atoms with E-state index >= 15 is 0 Å². The third kappa shape index (κ3) is 5.14. The molecular weight excluding hydrogens is 146 g/mol. The van der Waals surface area contributed by atoms with Crippen LogP contribution in [0.3, 0.4) is 0 Å². The summed E-state index contributed by atoms with van der Waals surface area (Å²) in [4.78, 5) is 2.31. The molecule has 0 aromatic carbocycles. The van der Waals surface area contributed by atoms with Gasteiger partial charge in [0.2, 0.25) is 0 Å². The van der Waals surface area contributed by atoms with Crippen LogP contribution in [-0.2, 0) is 0 Å². The number of allylic oxidation sites excluding steroid dienone is 2. The van der Waals surface area contributed by atoms with Crippen molar-refractivity contribution in [3.8, 4) is 0 Å². The summed E-state index contributed by atoms with van der Waals surface area (Å²) in [6, 6.07) is 0.610. The maximum atomic E-state index is 3.85. The van der Waals surface area contributed by atoms with E-state index in [1.807, 2.05) is 6.92 Å². The van der Waals surface area contributed by atoms with E-state index in [1.54, 1.807) is 0 Å². The van der Waals surface area contributed by atoms with Crippen LogP contribution in [0.2, 0.25) is 0 Å². The molecule has 0 aliphatic rings. The third-order valence-electron chi connectivity index (χ3n) is 1.87. The topological polar surface area (TPSA) is 3.24 Å². The number of rotatable bonds is 4. The second-order valence-electron chi connectivity index (χ2n) is 3.85. The average Bonchev–Trinajstić information content (AvgIpc) is 1.84. The maximum absolute atomic E-state index is 3.85. The number of nitrogens with zero attached hydrogens (tertiary/aromatic N) is 1. The molecule has 12 heavy (non-hydrogen) atoms. The Bertz CT molecular complexity index is 177. The van der Waals surface area contributed by atoms with Gasteiger partial charge in [0.25, 0.3) is 0 Å². The minimum Gasteiger partial charge on any atom is -0.300 e. The van der Waals surface area contributed by atoms with Crippen LogP contribution in [-0.4, -0.2) is 24.5 Å². The van der Waals surface area contributed by atoms with Gasteiger partial charge in [-0.1, -0.05) is 23.8 Å². The third-order valence-corrected chi connectivity index (χ3v) is 1.87. The quantitative estimate of drug-likeness (QED) is 0.582. The summed E-state index contributed by atoms with van der Waals surface area (Å²) in [7, 11) is 2.14. The molecule has 0 saturated carbocycles. The van der Waals surface area contributed by atoms with Crippen LogP contribution in [0.1, 0.15) is 27.7 Å². The Morgan fingerprint density at radius 3 is 2.25 bits per heavy atom. The fourth-order valence-corrected chi connectivity index (χ4v) is 1.04. The lowest BCUT2D eigenvalue weighted by Gasteiger charge is -2.21. The van der Waals surface area contributed by atoms with Gasteiger partial charge in [0, 0.05) is 12.6 Å². The second kappa shape index (κ2) is 5.15. The lowest BCUT2D eigenvalue weighted by molar-refractivity contribution is 0.296. The summed E-state index contributed by atoms with van der Waals surface area (Å²) < 4.78 is 0. The Hall–Kier alpha value is -0.560. The van der Waals surface area contributed by atoms with Crippen LogP contribution in [0.5, 0.6) is 0 Å². The fourth-order valence-electron chi connectivity index (χ4n) is 1.04. The van der Waals surface area contributed by atoms with E-state index < -0.39 is 0 Å². The van der Waals surface area contributed by atoms with E-state index in [0.29, 0.717) is 6.04 Å². The molecule has 0 radical (unpaired) electrons. The Kier molecular flexibility index (Phi) is 4.91. The summed E-state index contributed by atoms with van der Waals surface area (Å²) in [6.07, 6.45) is 2.14. The van der Waals surface area contributed by atoms with Crippen molar-refractivity contribution in [2.75, 3.05) is 13.6 Å². The van der Waals surface area contributed by atoms with E-state index in [0.717, 1.165) is 12.1 Å². The molecule has 0 N–H and O–H groups in total. The minimum absolute atomic E-state index is 0.610. The number of hydrogen-bond acceptors (Lipinski definition) is 1. The van der Waals surface area contributed by atoms with Gasteiger partial charge in [-0.2, -0.15) is 0 Å². The molecule has 0 rings (SSSR count). The van der Waals surface area contributed by atoms with Gasteiger partial charge in [-0.25, -0.2) is 0 Å². The SMILES string of the molecule is C=C(C)/C=C(\C)CN(C)C(C)C. The first-order valence-corrected chi connectivity index (χ1v) is 4.46.